The third-order valence-electron chi connectivity index (χ3n) is 6.68. The molecule has 0 aliphatic heterocycles. The van der Waals surface area contributed by atoms with Crippen LogP contribution in [-0.4, -0.2) is 21.5 Å². The molecule has 4 aromatic rings. The first kappa shape index (κ1) is 28.6. The second-order valence-corrected chi connectivity index (χ2v) is 11.0. The molecule has 0 heterocycles. The summed E-state index contributed by atoms with van der Waals surface area (Å²) >= 11 is 0. The molecule has 0 aliphatic carbocycles. The van der Waals surface area contributed by atoms with Gasteiger partial charge >= 0.3 is 0 Å². The highest BCUT2D eigenvalue weighted by Gasteiger charge is 2.35. The highest BCUT2D eigenvalue weighted by atomic mass is 35.5. The Hall–Kier alpha value is -2.96. The van der Waals surface area contributed by atoms with E-state index in [4.69, 9.17) is 0 Å². The quantitative estimate of drug-likeness (QED) is 0.211. The summed E-state index contributed by atoms with van der Waals surface area (Å²) in [5.41, 5.74) is 3.98. The first-order valence-electron chi connectivity index (χ1n) is 12.4. The van der Waals surface area contributed by atoms with Crippen molar-refractivity contribution in [1.29, 1.82) is 0 Å². The van der Waals surface area contributed by atoms with Gasteiger partial charge in [0.05, 0.1) is 4.90 Å². The van der Waals surface area contributed by atoms with Gasteiger partial charge in [-0.2, -0.15) is 0 Å². The lowest BCUT2D eigenvalue weighted by atomic mass is 9.71. The van der Waals surface area contributed by atoms with E-state index in [0.717, 1.165) is 42.6 Å². The van der Waals surface area contributed by atoms with Gasteiger partial charge < -0.3 is 5.32 Å². The summed E-state index contributed by atoms with van der Waals surface area (Å²) in [6.45, 7) is 3.87. The van der Waals surface area contributed by atoms with Crippen LogP contribution >= 0.6 is 12.4 Å². The zero-order valence-corrected chi connectivity index (χ0v) is 22.8. The molecule has 4 nitrogen and oxygen atoms in total. The van der Waals surface area contributed by atoms with Gasteiger partial charge in [-0.1, -0.05) is 109 Å². The Morgan fingerprint density at radius 2 is 1.22 bits per heavy atom. The SMILES string of the molecule is Cc1ccc(S(=O)(=O)NCC(CCCNCc2ccccc2)(c2ccccc2)c2ccccc2)cc1.Cl. The van der Waals surface area contributed by atoms with Crippen LogP contribution in [0.5, 0.6) is 0 Å². The van der Waals surface area contributed by atoms with Crippen LogP contribution in [0.2, 0.25) is 0 Å². The van der Waals surface area contributed by atoms with Crippen LogP contribution < -0.4 is 10.0 Å². The molecular formula is C31H35ClN2O2S. The van der Waals surface area contributed by atoms with Crippen molar-refractivity contribution in [2.75, 3.05) is 13.1 Å². The largest absolute Gasteiger partial charge is 0.313 e. The Kier molecular flexibility index (Phi) is 10.5. The maximum Gasteiger partial charge on any atom is 0.240 e. The van der Waals surface area contributed by atoms with Gasteiger partial charge in [0.2, 0.25) is 10.0 Å². The number of benzene rings is 4. The predicted molar refractivity (Wildman–Crippen MR) is 155 cm³/mol. The van der Waals surface area contributed by atoms with Crippen LogP contribution in [0.4, 0.5) is 0 Å². The maximum atomic E-state index is 13.3. The summed E-state index contributed by atoms with van der Waals surface area (Å²) in [5, 5.41) is 3.54. The highest BCUT2D eigenvalue weighted by Crippen LogP contribution is 2.36. The monoisotopic (exact) mass is 534 g/mol. The Morgan fingerprint density at radius 3 is 1.76 bits per heavy atom. The fourth-order valence-electron chi connectivity index (χ4n) is 4.62. The van der Waals surface area contributed by atoms with Gasteiger partial charge in [-0.3, -0.25) is 0 Å². The number of sulfonamides is 1. The smallest absolute Gasteiger partial charge is 0.240 e. The molecule has 0 aliphatic rings. The van der Waals surface area contributed by atoms with E-state index in [9.17, 15) is 8.42 Å². The summed E-state index contributed by atoms with van der Waals surface area (Å²) in [6, 6.07) is 37.8. The van der Waals surface area contributed by atoms with E-state index in [0.29, 0.717) is 0 Å². The van der Waals surface area contributed by atoms with Crippen LogP contribution in [0, 0.1) is 6.92 Å². The van der Waals surface area contributed by atoms with Crippen molar-refractivity contribution >= 4 is 22.4 Å². The van der Waals surface area contributed by atoms with Crippen LogP contribution in [-0.2, 0) is 22.0 Å². The van der Waals surface area contributed by atoms with Crippen LogP contribution in [0.1, 0.15) is 35.1 Å². The minimum absolute atomic E-state index is 0. The molecule has 0 saturated heterocycles. The molecule has 4 rings (SSSR count). The molecular weight excluding hydrogens is 500 g/mol. The van der Waals surface area contributed by atoms with E-state index in [-0.39, 0.29) is 23.8 Å². The average Bonchev–Trinajstić information content (AvgIpc) is 2.92. The molecule has 37 heavy (non-hydrogen) atoms. The predicted octanol–water partition coefficient (Wildman–Crippen LogP) is 6.25. The molecule has 4 aromatic carbocycles. The summed E-state index contributed by atoms with van der Waals surface area (Å²) < 4.78 is 29.5. The van der Waals surface area contributed by atoms with Crippen LogP contribution in [0.15, 0.2) is 120 Å². The molecule has 0 saturated carbocycles. The third kappa shape index (κ3) is 7.53. The second-order valence-electron chi connectivity index (χ2n) is 9.22. The van der Waals surface area contributed by atoms with Crippen LogP contribution in [0.25, 0.3) is 0 Å². The Bertz CT molecular complexity index is 1270. The lowest BCUT2D eigenvalue weighted by Crippen LogP contribution is -2.42. The molecule has 0 atom stereocenters. The maximum absolute atomic E-state index is 13.3. The molecule has 0 amide bonds. The molecule has 2 N–H and O–H groups in total. The minimum atomic E-state index is -3.66. The van der Waals surface area contributed by atoms with Crippen molar-refractivity contribution in [3.63, 3.8) is 0 Å². The lowest BCUT2D eigenvalue weighted by Gasteiger charge is -2.36. The van der Waals surface area contributed by atoms with Gasteiger partial charge in [-0.05, 0) is 55.1 Å². The van der Waals surface area contributed by atoms with Crippen molar-refractivity contribution < 1.29 is 8.42 Å². The molecule has 0 radical (unpaired) electrons. The van der Waals surface area contributed by atoms with E-state index in [1.54, 1.807) is 12.1 Å². The van der Waals surface area contributed by atoms with E-state index >= 15 is 0 Å². The Labute approximate surface area is 227 Å². The number of nitrogens with one attached hydrogen (secondary N) is 2. The van der Waals surface area contributed by atoms with Gasteiger partial charge in [0, 0.05) is 18.5 Å². The number of hydrogen-bond donors (Lipinski definition) is 2. The highest BCUT2D eigenvalue weighted by molar-refractivity contribution is 7.89. The summed E-state index contributed by atoms with van der Waals surface area (Å²) in [6.07, 6.45) is 1.68. The minimum Gasteiger partial charge on any atom is -0.313 e. The third-order valence-corrected chi connectivity index (χ3v) is 8.09. The van der Waals surface area contributed by atoms with Gasteiger partial charge in [0.25, 0.3) is 0 Å². The fourth-order valence-corrected chi connectivity index (χ4v) is 5.72. The molecule has 194 valence electrons. The number of aryl methyl sites for hydroxylation is 1. The summed E-state index contributed by atoms with van der Waals surface area (Å²) in [7, 11) is -3.66. The normalized spacial score (nSPS) is 11.6. The zero-order chi connectivity index (χ0) is 25.3. The van der Waals surface area contributed by atoms with Crippen LogP contribution in [0.3, 0.4) is 0 Å². The summed E-state index contributed by atoms with van der Waals surface area (Å²) in [4.78, 5) is 0.285. The number of halogens is 1. The van der Waals surface area contributed by atoms with E-state index in [1.807, 2.05) is 73.7 Å². The van der Waals surface area contributed by atoms with E-state index < -0.39 is 15.4 Å². The Balaban J connectivity index is 0.00000380. The van der Waals surface area contributed by atoms with E-state index in [2.05, 4.69) is 46.4 Å². The van der Waals surface area contributed by atoms with Crippen molar-refractivity contribution in [2.24, 2.45) is 0 Å². The molecule has 0 fully saturated rings. The van der Waals surface area contributed by atoms with Gasteiger partial charge in [-0.15, -0.1) is 12.4 Å². The standard InChI is InChI=1S/C31H34N2O2S.ClH/c1-26-18-20-30(21-19-26)36(34,35)33-25-31(28-14-7-3-8-15-28,29-16-9-4-10-17-29)22-11-23-32-24-27-12-5-2-6-13-27;/h2-10,12-21,32-33H,11,22-25H2,1H3;1H. The van der Waals surface area contributed by atoms with Gasteiger partial charge in [-0.25, -0.2) is 13.1 Å². The molecule has 0 bridgehead atoms. The first-order chi connectivity index (χ1) is 17.5. The first-order valence-corrected chi connectivity index (χ1v) is 13.9. The molecule has 0 spiro atoms. The molecule has 6 heteroatoms. The van der Waals surface area contributed by atoms with Gasteiger partial charge in [0.1, 0.15) is 0 Å². The van der Waals surface area contributed by atoms with Crippen molar-refractivity contribution in [1.82, 2.24) is 10.0 Å². The molecule has 0 unspecified atom stereocenters. The van der Waals surface area contributed by atoms with Crippen molar-refractivity contribution in [3.8, 4) is 0 Å². The van der Waals surface area contributed by atoms with Crippen molar-refractivity contribution in [2.45, 2.75) is 36.6 Å². The fraction of sp³-hybridized carbons (Fsp3) is 0.226. The van der Waals surface area contributed by atoms with Gasteiger partial charge in [0.15, 0.2) is 0 Å². The second kappa shape index (κ2) is 13.5. The topological polar surface area (TPSA) is 58.2 Å². The molecule has 0 aromatic heterocycles. The lowest BCUT2D eigenvalue weighted by molar-refractivity contribution is 0.437. The number of rotatable bonds is 12. The average molecular weight is 535 g/mol. The number of hydrogen-bond acceptors (Lipinski definition) is 3. The Morgan fingerprint density at radius 1 is 0.703 bits per heavy atom. The summed E-state index contributed by atoms with van der Waals surface area (Å²) in [5.74, 6) is 0. The van der Waals surface area contributed by atoms with Crippen molar-refractivity contribution in [3.05, 3.63) is 138 Å². The zero-order valence-electron chi connectivity index (χ0n) is 21.1. The van der Waals surface area contributed by atoms with E-state index in [1.165, 1.54) is 5.56 Å².